The maximum Gasteiger partial charge on any atom is 0.303 e. The molecule has 8 nitrogen and oxygen atoms in total. The van der Waals surface area contributed by atoms with E-state index in [9.17, 15) is 18.0 Å². The monoisotopic (exact) mass is 491 g/mol. The Morgan fingerprint density at radius 3 is 2.72 bits per heavy atom. The summed E-state index contributed by atoms with van der Waals surface area (Å²) in [5.41, 5.74) is 1.20. The number of carbonyl (C=O) groups is 2. The van der Waals surface area contributed by atoms with Crippen LogP contribution < -0.4 is 10.0 Å². The highest BCUT2D eigenvalue weighted by atomic mass is 35.5. The van der Waals surface area contributed by atoms with E-state index in [-0.39, 0.29) is 22.9 Å². The summed E-state index contributed by atoms with van der Waals surface area (Å²) in [7, 11) is -3.95. The molecule has 0 saturated heterocycles. The van der Waals surface area contributed by atoms with Crippen LogP contribution in [0.15, 0.2) is 41.3 Å². The van der Waals surface area contributed by atoms with E-state index in [0.29, 0.717) is 38.8 Å². The molecule has 0 radical (unpaired) electrons. The number of thiazole rings is 1. The summed E-state index contributed by atoms with van der Waals surface area (Å²) in [6.45, 7) is 1.37. The van der Waals surface area contributed by atoms with Crippen molar-refractivity contribution in [3.8, 4) is 11.8 Å². The van der Waals surface area contributed by atoms with Gasteiger partial charge in [-0.15, -0.1) is 0 Å². The fraction of sp³-hybridized carbons (Fsp3) is 0.190. The minimum atomic E-state index is -3.95. The molecule has 0 aliphatic carbocycles. The Labute approximate surface area is 193 Å². The smallest absolute Gasteiger partial charge is 0.303 e. The van der Waals surface area contributed by atoms with Crippen LogP contribution in [-0.4, -0.2) is 30.4 Å². The van der Waals surface area contributed by atoms with Gasteiger partial charge in [-0.2, -0.15) is 0 Å². The lowest BCUT2D eigenvalue weighted by molar-refractivity contribution is -0.137. The van der Waals surface area contributed by atoms with Crippen LogP contribution in [0.4, 0.5) is 10.8 Å². The third-order valence-electron chi connectivity index (χ3n) is 4.09. The van der Waals surface area contributed by atoms with Crippen molar-refractivity contribution in [1.82, 2.24) is 4.98 Å². The predicted molar refractivity (Wildman–Crippen MR) is 125 cm³/mol. The molecule has 2 aromatic carbocycles. The quantitative estimate of drug-likeness (QED) is 0.334. The molecule has 0 aliphatic heterocycles. The number of amides is 1. The van der Waals surface area contributed by atoms with Crippen LogP contribution in [0.5, 0.6) is 0 Å². The molecule has 0 spiro atoms. The average Bonchev–Trinajstić information content (AvgIpc) is 3.10. The molecule has 166 valence electrons. The topological polar surface area (TPSA) is 125 Å². The highest BCUT2D eigenvalue weighted by Crippen LogP contribution is 2.29. The van der Waals surface area contributed by atoms with Crippen molar-refractivity contribution in [3.05, 3.63) is 47.0 Å². The number of anilines is 2. The van der Waals surface area contributed by atoms with E-state index in [4.69, 9.17) is 16.7 Å². The number of carboxylic acids is 1. The summed E-state index contributed by atoms with van der Waals surface area (Å²) < 4.78 is 29.1. The van der Waals surface area contributed by atoms with Gasteiger partial charge >= 0.3 is 5.97 Å². The Morgan fingerprint density at radius 1 is 1.22 bits per heavy atom. The van der Waals surface area contributed by atoms with Gasteiger partial charge in [-0.1, -0.05) is 34.8 Å². The number of benzene rings is 2. The SMILES string of the molecule is CC(=O)Nc1nc2ccc(S(=O)(=O)Nc3ccc(Cl)cc3C#CCCCC(=O)O)cc2s1. The molecule has 11 heteroatoms. The zero-order valence-corrected chi connectivity index (χ0v) is 19.2. The maximum absolute atomic E-state index is 13.0. The Bertz CT molecular complexity index is 1360. The second kappa shape index (κ2) is 9.99. The number of aliphatic carboxylic acids is 1. The Hall–Kier alpha value is -3.13. The summed E-state index contributed by atoms with van der Waals surface area (Å²) in [5.74, 6) is 4.53. The second-order valence-electron chi connectivity index (χ2n) is 6.67. The zero-order chi connectivity index (χ0) is 23.3. The fourth-order valence-electron chi connectivity index (χ4n) is 2.67. The van der Waals surface area contributed by atoms with Crippen molar-refractivity contribution in [2.24, 2.45) is 0 Å². The summed E-state index contributed by atoms with van der Waals surface area (Å²) in [5, 5.41) is 12.0. The molecular weight excluding hydrogens is 474 g/mol. The molecule has 32 heavy (non-hydrogen) atoms. The van der Waals surface area contributed by atoms with Crippen LogP contribution in [0.3, 0.4) is 0 Å². The lowest BCUT2D eigenvalue weighted by Gasteiger charge is -2.10. The number of halogens is 1. The van der Waals surface area contributed by atoms with E-state index in [0.717, 1.165) is 0 Å². The highest BCUT2D eigenvalue weighted by Gasteiger charge is 2.18. The summed E-state index contributed by atoms with van der Waals surface area (Å²) in [6.07, 6.45) is 0.746. The first kappa shape index (κ1) is 23.5. The molecule has 1 amide bonds. The van der Waals surface area contributed by atoms with E-state index < -0.39 is 16.0 Å². The first-order chi connectivity index (χ1) is 15.1. The molecule has 3 N–H and O–H groups in total. The number of carboxylic acid groups (broad SMARTS) is 1. The van der Waals surface area contributed by atoms with Gasteiger partial charge in [0.1, 0.15) is 0 Å². The van der Waals surface area contributed by atoms with Gasteiger partial charge in [0, 0.05) is 24.8 Å². The lowest BCUT2D eigenvalue weighted by Crippen LogP contribution is -2.13. The molecule has 0 unspecified atom stereocenters. The van der Waals surface area contributed by atoms with Gasteiger partial charge in [0.2, 0.25) is 5.91 Å². The Morgan fingerprint density at radius 2 is 2.00 bits per heavy atom. The van der Waals surface area contributed by atoms with Gasteiger partial charge < -0.3 is 10.4 Å². The highest BCUT2D eigenvalue weighted by molar-refractivity contribution is 7.92. The molecule has 0 saturated carbocycles. The van der Waals surface area contributed by atoms with Crippen molar-refractivity contribution in [3.63, 3.8) is 0 Å². The number of fused-ring (bicyclic) bond motifs is 1. The van der Waals surface area contributed by atoms with E-state index in [1.54, 1.807) is 12.1 Å². The molecule has 3 aromatic rings. The number of unbranched alkanes of at least 4 members (excludes halogenated alkanes) is 1. The van der Waals surface area contributed by atoms with Crippen LogP contribution in [-0.2, 0) is 19.6 Å². The van der Waals surface area contributed by atoms with Gasteiger partial charge in [0.15, 0.2) is 5.13 Å². The number of carbonyl (C=O) groups excluding carboxylic acids is 1. The third kappa shape index (κ3) is 6.20. The standard InChI is InChI=1S/C21H18ClN3O5S2/c1-13(26)23-21-24-18-10-8-16(12-19(18)31-21)32(29,30)25-17-9-7-15(22)11-14(17)5-3-2-4-6-20(27)28/h7-12,25H,2,4,6H2,1H3,(H,27,28)(H,23,24,26). The van der Waals surface area contributed by atoms with Crippen LogP contribution in [0.2, 0.25) is 5.02 Å². The number of hydrogen-bond donors (Lipinski definition) is 3. The van der Waals surface area contributed by atoms with E-state index in [1.165, 1.54) is 42.5 Å². The second-order valence-corrected chi connectivity index (χ2v) is 9.82. The van der Waals surface area contributed by atoms with Crippen molar-refractivity contribution in [2.75, 3.05) is 10.0 Å². The molecule has 1 heterocycles. The summed E-state index contributed by atoms with van der Waals surface area (Å²) in [4.78, 5) is 26.1. The molecule has 0 atom stereocenters. The van der Waals surface area contributed by atoms with Crippen molar-refractivity contribution >= 4 is 65.9 Å². The van der Waals surface area contributed by atoms with Crippen LogP contribution in [0, 0.1) is 11.8 Å². The fourth-order valence-corrected chi connectivity index (χ4v) is 4.98. The molecule has 0 aliphatic rings. The first-order valence-electron chi connectivity index (χ1n) is 9.35. The number of nitrogens with one attached hydrogen (secondary N) is 2. The van der Waals surface area contributed by atoms with E-state index in [1.807, 2.05) is 0 Å². The first-order valence-corrected chi connectivity index (χ1v) is 12.0. The largest absolute Gasteiger partial charge is 0.481 e. The zero-order valence-electron chi connectivity index (χ0n) is 16.8. The van der Waals surface area contributed by atoms with Crippen LogP contribution in [0.1, 0.15) is 31.7 Å². The van der Waals surface area contributed by atoms with Crippen molar-refractivity contribution in [2.45, 2.75) is 31.1 Å². The Kier molecular flexibility index (Phi) is 7.35. The molecular formula is C21H18ClN3O5S2. The minimum absolute atomic E-state index is 0.00736. The number of rotatable bonds is 7. The summed E-state index contributed by atoms with van der Waals surface area (Å²) >= 11 is 7.20. The van der Waals surface area contributed by atoms with E-state index in [2.05, 4.69) is 26.9 Å². The van der Waals surface area contributed by atoms with Gasteiger partial charge in [-0.3, -0.25) is 14.3 Å². The van der Waals surface area contributed by atoms with Crippen molar-refractivity contribution < 1.29 is 23.1 Å². The summed E-state index contributed by atoms with van der Waals surface area (Å²) in [6, 6.07) is 9.07. The minimum Gasteiger partial charge on any atom is -0.481 e. The van der Waals surface area contributed by atoms with Gasteiger partial charge in [-0.05, 0) is 42.8 Å². The van der Waals surface area contributed by atoms with Crippen LogP contribution in [0.25, 0.3) is 10.2 Å². The number of nitrogens with zero attached hydrogens (tertiary/aromatic N) is 1. The van der Waals surface area contributed by atoms with Gasteiger partial charge in [0.05, 0.1) is 26.4 Å². The number of sulfonamides is 1. The normalized spacial score (nSPS) is 10.9. The Balaban J connectivity index is 1.85. The van der Waals surface area contributed by atoms with Gasteiger partial charge in [-0.25, -0.2) is 13.4 Å². The lowest BCUT2D eigenvalue weighted by atomic mass is 10.1. The predicted octanol–water partition coefficient (Wildman–Crippen LogP) is 4.32. The maximum atomic E-state index is 13.0. The molecule has 0 fully saturated rings. The number of aromatic nitrogens is 1. The average molecular weight is 492 g/mol. The van der Waals surface area contributed by atoms with E-state index >= 15 is 0 Å². The number of hydrogen-bond acceptors (Lipinski definition) is 6. The molecule has 1 aromatic heterocycles. The molecule has 3 rings (SSSR count). The van der Waals surface area contributed by atoms with Crippen LogP contribution >= 0.6 is 22.9 Å². The van der Waals surface area contributed by atoms with Gasteiger partial charge in [0.25, 0.3) is 10.0 Å². The third-order valence-corrected chi connectivity index (χ3v) is 6.63. The van der Waals surface area contributed by atoms with Crippen molar-refractivity contribution in [1.29, 1.82) is 0 Å². The molecule has 0 bridgehead atoms.